The normalized spacial score (nSPS) is 14.1. The fraction of sp³-hybridized carbons (Fsp3) is 0.615. The summed E-state index contributed by atoms with van der Waals surface area (Å²) in [5.41, 5.74) is 1.25. The van der Waals surface area contributed by atoms with Crippen molar-refractivity contribution in [2.24, 2.45) is 5.41 Å². The Labute approximate surface area is 92.7 Å². The molecule has 0 aromatic rings. The number of hydrogen-bond donors (Lipinski definition) is 1. The quantitative estimate of drug-likeness (QED) is 0.649. The molecule has 0 aromatic heterocycles. The first-order chi connectivity index (χ1) is 6.89. The van der Waals surface area contributed by atoms with E-state index in [0.29, 0.717) is 6.42 Å². The van der Waals surface area contributed by atoms with Crippen molar-refractivity contribution in [2.75, 3.05) is 0 Å². The minimum Gasteiger partial charge on any atom is -0.481 e. The maximum Gasteiger partial charge on any atom is 0.303 e. The zero-order valence-electron chi connectivity index (χ0n) is 10.0. The van der Waals surface area contributed by atoms with Gasteiger partial charge in [0, 0.05) is 6.42 Å². The largest absolute Gasteiger partial charge is 0.481 e. The number of carbonyl (C=O) groups is 1. The monoisotopic (exact) mass is 210 g/mol. The lowest BCUT2D eigenvalue weighted by Gasteiger charge is -2.24. The molecule has 0 aliphatic heterocycles. The van der Waals surface area contributed by atoms with Crippen LogP contribution in [-0.4, -0.2) is 11.1 Å². The topological polar surface area (TPSA) is 37.3 Å². The maximum atomic E-state index is 10.5. The summed E-state index contributed by atoms with van der Waals surface area (Å²) < 4.78 is 0. The molecule has 0 aliphatic carbocycles. The molecule has 1 atom stereocenters. The van der Waals surface area contributed by atoms with Gasteiger partial charge in [0.2, 0.25) is 0 Å². The van der Waals surface area contributed by atoms with Gasteiger partial charge in [-0.2, -0.15) is 0 Å². The summed E-state index contributed by atoms with van der Waals surface area (Å²) >= 11 is 0. The maximum absolute atomic E-state index is 10.5. The number of carboxylic acids is 1. The molecule has 2 heteroatoms. The summed E-state index contributed by atoms with van der Waals surface area (Å²) in [7, 11) is 0. The lowest BCUT2D eigenvalue weighted by molar-refractivity contribution is -0.137. The van der Waals surface area contributed by atoms with Crippen molar-refractivity contribution >= 4 is 5.97 Å². The highest BCUT2D eigenvalue weighted by Gasteiger charge is 2.20. The number of allylic oxidation sites excluding steroid dienone is 3. The first-order valence-corrected chi connectivity index (χ1v) is 5.38. The second-order valence-electron chi connectivity index (χ2n) is 4.57. The Balaban J connectivity index is 4.12. The molecule has 0 saturated heterocycles. The summed E-state index contributed by atoms with van der Waals surface area (Å²) in [6, 6.07) is 0. The Morgan fingerprint density at radius 1 is 1.40 bits per heavy atom. The zero-order chi connectivity index (χ0) is 11.9. The predicted octanol–water partition coefficient (Wildman–Crippen LogP) is 3.79. The Bertz CT molecular complexity index is 249. The molecule has 0 saturated carbocycles. The number of aliphatic carboxylic acids is 1. The molecular weight excluding hydrogens is 188 g/mol. The van der Waals surface area contributed by atoms with E-state index >= 15 is 0 Å². The van der Waals surface area contributed by atoms with E-state index in [1.165, 1.54) is 5.57 Å². The first-order valence-electron chi connectivity index (χ1n) is 5.38. The summed E-state index contributed by atoms with van der Waals surface area (Å²) in [5.74, 6) is -0.731. The van der Waals surface area contributed by atoms with Crippen LogP contribution < -0.4 is 0 Å². The van der Waals surface area contributed by atoms with Crippen LogP contribution in [0, 0.1) is 5.41 Å². The molecule has 0 heterocycles. The van der Waals surface area contributed by atoms with Crippen molar-refractivity contribution < 1.29 is 9.90 Å². The first kappa shape index (κ1) is 13.9. The predicted molar refractivity (Wildman–Crippen MR) is 63.8 cm³/mol. The van der Waals surface area contributed by atoms with Gasteiger partial charge in [-0.3, -0.25) is 4.79 Å². The lowest BCUT2D eigenvalue weighted by Crippen LogP contribution is -2.14. The Morgan fingerprint density at radius 3 is 2.40 bits per heavy atom. The molecule has 0 radical (unpaired) electrons. The van der Waals surface area contributed by atoms with Gasteiger partial charge in [-0.1, -0.05) is 24.6 Å². The second kappa shape index (κ2) is 6.44. The van der Waals surface area contributed by atoms with E-state index in [2.05, 4.69) is 33.4 Å². The molecule has 15 heavy (non-hydrogen) atoms. The lowest BCUT2D eigenvalue weighted by atomic mass is 9.81. The highest BCUT2D eigenvalue weighted by atomic mass is 16.4. The summed E-state index contributed by atoms with van der Waals surface area (Å²) in [4.78, 5) is 10.5. The van der Waals surface area contributed by atoms with Crippen molar-refractivity contribution in [1.29, 1.82) is 0 Å². The average molecular weight is 210 g/mol. The minimum atomic E-state index is -0.731. The number of carboxylic acid groups (broad SMARTS) is 1. The molecule has 2 nitrogen and oxygen atoms in total. The molecule has 0 spiro atoms. The SMILES string of the molecule is C=CC(C)(CCC=C(C)C)CCC(=O)O. The smallest absolute Gasteiger partial charge is 0.303 e. The van der Waals surface area contributed by atoms with Gasteiger partial charge in [0.05, 0.1) is 0 Å². The van der Waals surface area contributed by atoms with Gasteiger partial charge in [0.25, 0.3) is 0 Å². The van der Waals surface area contributed by atoms with E-state index in [9.17, 15) is 4.79 Å². The van der Waals surface area contributed by atoms with Gasteiger partial charge in [0.1, 0.15) is 0 Å². The molecule has 0 aliphatic rings. The third kappa shape index (κ3) is 6.95. The van der Waals surface area contributed by atoms with Crippen LogP contribution in [0.2, 0.25) is 0 Å². The van der Waals surface area contributed by atoms with Crippen molar-refractivity contribution in [3.8, 4) is 0 Å². The Kier molecular flexibility index (Phi) is 5.99. The molecule has 0 bridgehead atoms. The third-order valence-corrected chi connectivity index (χ3v) is 2.67. The second-order valence-corrected chi connectivity index (χ2v) is 4.57. The van der Waals surface area contributed by atoms with Crippen molar-refractivity contribution in [3.63, 3.8) is 0 Å². The van der Waals surface area contributed by atoms with Crippen LogP contribution in [0.1, 0.15) is 46.5 Å². The fourth-order valence-corrected chi connectivity index (χ4v) is 1.41. The highest BCUT2D eigenvalue weighted by Crippen LogP contribution is 2.30. The van der Waals surface area contributed by atoms with E-state index in [0.717, 1.165) is 12.8 Å². The Morgan fingerprint density at radius 2 is 2.00 bits per heavy atom. The summed E-state index contributed by atoms with van der Waals surface area (Å²) in [5, 5.41) is 8.64. The van der Waals surface area contributed by atoms with Crippen LogP contribution in [0.25, 0.3) is 0 Å². The van der Waals surface area contributed by atoms with Crippen molar-refractivity contribution in [2.45, 2.75) is 46.5 Å². The molecule has 1 N–H and O–H groups in total. The van der Waals surface area contributed by atoms with E-state index in [-0.39, 0.29) is 11.8 Å². The van der Waals surface area contributed by atoms with Crippen molar-refractivity contribution in [1.82, 2.24) is 0 Å². The minimum absolute atomic E-state index is 0.0513. The fourth-order valence-electron chi connectivity index (χ4n) is 1.41. The van der Waals surface area contributed by atoms with Gasteiger partial charge < -0.3 is 5.11 Å². The van der Waals surface area contributed by atoms with Crippen LogP contribution in [0.4, 0.5) is 0 Å². The molecule has 0 amide bonds. The van der Waals surface area contributed by atoms with Crippen LogP contribution in [0.3, 0.4) is 0 Å². The average Bonchev–Trinajstić information content (AvgIpc) is 2.14. The zero-order valence-corrected chi connectivity index (χ0v) is 10.0. The van der Waals surface area contributed by atoms with Crippen LogP contribution >= 0.6 is 0 Å². The van der Waals surface area contributed by atoms with Crippen molar-refractivity contribution in [3.05, 3.63) is 24.3 Å². The molecule has 0 aromatic carbocycles. The van der Waals surface area contributed by atoms with Crippen LogP contribution in [0.5, 0.6) is 0 Å². The standard InChI is InChI=1S/C13H22O2/c1-5-13(4,10-8-12(14)15)9-6-7-11(2)3/h5,7H,1,6,8-10H2,2-4H3,(H,14,15). The number of rotatable bonds is 7. The van der Waals surface area contributed by atoms with Gasteiger partial charge in [0.15, 0.2) is 0 Å². The van der Waals surface area contributed by atoms with E-state index in [1.54, 1.807) is 0 Å². The molecular formula is C13H22O2. The van der Waals surface area contributed by atoms with Gasteiger partial charge in [-0.15, -0.1) is 6.58 Å². The van der Waals surface area contributed by atoms with Gasteiger partial charge in [-0.05, 0) is 38.5 Å². The third-order valence-electron chi connectivity index (χ3n) is 2.67. The summed E-state index contributed by atoms with van der Waals surface area (Å²) in [6.45, 7) is 10.0. The van der Waals surface area contributed by atoms with Crippen LogP contribution in [-0.2, 0) is 4.79 Å². The van der Waals surface area contributed by atoms with Gasteiger partial charge >= 0.3 is 5.97 Å². The highest BCUT2D eigenvalue weighted by molar-refractivity contribution is 5.66. The van der Waals surface area contributed by atoms with Crippen LogP contribution in [0.15, 0.2) is 24.3 Å². The summed E-state index contributed by atoms with van der Waals surface area (Å²) in [6.07, 6.45) is 6.91. The molecule has 86 valence electrons. The molecule has 0 rings (SSSR count). The van der Waals surface area contributed by atoms with E-state index in [1.807, 2.05) is 6.08 Å². The molecule has 1 unspecified atom stereocenters. The number of hydrogen-bond acceptors (Lipinski definition) is 1. The van der Waals surface area contributed by atoms with Gasteiger partial charge in [-0.25, -0.2) is 0 Å². The van der Waals surface area contributed by atoms with E-state index < -0.39 is 5.97 Å². The van der Waals surface area contributed by atoms with E-state index in [4.69, 9.17) is 5.11 Å². The Hall–Kier alpha value is -1.05. The molecule has 0 fully saturated rings.